The van der Waals surface area contributed by atoms with Crippen molar-refractivity contribution in [2.75, 3.05) is 0 Å². The number of benzene rings is 2. The average molecular weight is 473 g/mol. The monoisotopic (exact) mass is 472 g/mol. The molecule has 188 valence electrons. The molecule has 2 aromatic carbocycles. The van der Waals surface area contributed by atoms with Gasteiger partial charge in [-0.25, -0.2) is 9.97 Å². The second kappa shape index (κ2) is 16.1. The standard InChI is InChI=1S/C32H44N2O/c1-3-5-7-8-9-10-11-13-15-29-24-33-32(34-25-29)30-20-22-31(23-21-30)35-26-28-18-16-27(17-19-28)14-12-6-4-2/h16-25H,3-15,26H2,1-2H3. The normalized spacial score (nSPS) is 11.0. The van der Waals surface area contributed by atoms with Crippen LogP contribution >= 0.6 is 0 Å². The summed E-state index contributed by atoms with van der Waals surface area (Å²) in [6.45, 7) is 5.10. The molecule has 0 saturated heterocycles. The predicted molar refractivity (Wildman–Crippen MR) is 148 cm³/mol. The average Bonchev–Trinajstić information content (AvgIpc) is 2.90. The summed E-state index contributed by atoms with van der Waals surface area (Å²) in [5.41, 5.74) is 4.86. The SMILES string of the molecule is CCCCCCCCCCc1cnc(-c2ccc(OCc3ccc(CCCCC)cc3)cc2)nc1. The van der Waals surface area contributed by atoms with Crippen LogP contribution in [0.2, 0.25) is 0 Å². The van der Waals surface area contributed by atoms with Crippen molar-refractivity contribution in [3.05, 3.63) is 77.6 Å². The third-order valence-corrected chi connectivity index (χ3v) is 6.63. The molecule has 0 aliphatic heterocycles. The highest BCUT2D eigenvalue weighted by molar-refractivity contribution is 5.55. The smallest absolute Gasteiger partial charge is 0.159 e. The number of hydrogen-bond acceptors (Lipinski definition) is 3. The van der Waals surface area contributed by atoms with Crippen molar-refractivity contribution >= 4 is 0 Å². The quantitative estimate of drug-likeness (QED) is 0.184. The van der Waals surface area contributed by atoms with Crippen LogP contribution in [0.4, 0.5) is 0 Å². The second-order valence-electron chi connectivity index (χ2n) is 9.73. The molecule has 0 aliphatic carbocycles. The fourth-order valence-corrected chi connectivity index (χ4v) is 4.34. The van der Waals surface area contributed by atoms with Crippen LogP contribution in [0.3, 0.4) is 0 Å². The summed E-state index contributed by atoms with van der Waals surface area (Å²) in [5, 5.41) is 0. The topological polar surface area (TPSA) is 35.0 Å². The van der Waals surface area contributed by atoms with Gasteiger partial charge in [0, 0.05) is 18.0 Å². The Morgan fingerprint density at radius 3 is 1.71 bits per heavy atom. The molecule has 0 bridgehead atoms. The Morgan fingerprint density at radius 1 is 0.543 bits per heavy atom. The van der Waals surface area contributed by atoms with Crippen LogP contribution in [-0.4, -0.2) is 9.97 Å². The van der Waals surface area contributed by atoms with Crippen molar-refractivity contribution in [3.8, 4) is 17.1 Å². The molecule has 3 nitrogen and oxygen atoms in total. The Balaban J connectivity index is 1.38. The zero-order valence-electron chi connectivity index (χ0n) is 22.0. The van der Waals surface area contributed by atoms with Crippen molar-refractivity contribution in [2.45, 2.75) is 104 Å². The summed E-state index contributed by atoms with van der Waals surface area (Å²) in [5.74, 6) is 1.64. The number of aryl methyl sites for hydroxylation is 2. The van der Waals surface area contributed by atoms with Crippen LogP contribution in [0.25, 0.3) is 11.4 Å². The minimum absolute atomic E-state index is 0.582. The summed E-state index contributed by atoms with van der Waals surface area (Å²) in [6.07, 6.45) is 20.8. The number of ether oxygens (including phenoxy) is 1. The van der Waals surface area contributed by atoms with Gasteiger partial charge in [-0.15, -0.1) is 0 Å². The first kappa shape index (κ1) is 26.9. The van der Waals surface area contributed by atoms with E-state index in [1.54, 1.807) is 0 Å². The molecule has 0 amide bonds. The summed E-state index contributed by atoms with van der Waals surface area (Å²) in [7, 11) is 0. The van der Waals surface area contributed by atoms with Gasteiger partial charge in [0.05, 0.1) is 0 Å². The maximum absolute atomic E-state index is 5.99. The highest BCUT2D eigenvalue weighted by Crippen LogP contribution is 2.21. The maximum atomic E-state index is 5.99. The van der Waals surface area contributed by atoms with E-state index in [9.17, 15) is 0 Å². The van der Waals surface area contributed by atoms with E-state index in [1.165, 1.54) is 93.7 Å². The molecule has 0 saturated carbocycles. The van der Waals surface area contributed by atoms with Crippen molar-refractivity contribution < 1.29 is 4.74 Å². The van der Waals surface area contributed by atoms with Gasteiger partial charge >= 0.3 is 0 Å². The van der Waals surface area contributed by atoms with E-state index in [4.69, 9.17) is 4.74 Å². The van der Waals surface area contributed by atoms with Gasteiger partial charge in [-0.2, -0.15) is 0 Å². The van der Waals surface area contributed by atoms with Gasteiger partial charge in [0.1, 0.15) is 12.4 Å². The lowest BCUT2D eigenvalue weighted by Gasteiger charge is -2.08. The molecule has 3 rings (SSSR count). The molecule has 0 unspecified atom stereocenters. The minimum Gasteiger partial charge on any atom is -0.489 e. The van der Waals surface area contributed by atoms with E-state index in [-0.39, 0.29) is 0 Å². The van der Waals surface area contributed by atoms with Crippen LogP contribution in [-0.2, 0) is 19.4 Å². The van der Waals surface area contributed by atoms with Crippen molar-refractivity contribution in [3.63, 3.8) is 0 Å². The Kier molecular flexibility index (Phi) is 12.4. The number of rotatable bonds is 17. The van der Waals surface area contributed by atoms with E-state index in [0.717, 1.165) is 23.6 Å². The fourth-order valence-electron chi connectivity index (χ4n) is 4.34. The Hall–Kier alpha value is -2.68. The maximum Gasteiger partial charge on any atom is 0.159 e. The molecule has 0 atom stereocenters. The van der Waals surface area contributed by atoms with Crippen molar-refractivity contribution in [1.29, 1.82) is 0 Å². The summed E-state index contributed by atoms with van der Waals surface area (Å²) >= 11 is 0. The van der Waals surface area contributed by atoms with Gasteiger partial charge in [0.15, 0.2) is 5.82 Å². The lowest BCUT2D eigenvalue weighted by molar-refractivity contribution is 0.306. The lowest BCUT2D eigenvalue weighted by atomic mass is 10.1. The van der Waals surface area contributed by atoms with E-state index >= 15 is 0 Å². The van der Waals surface area contributed by atoms with E-state index in [1.807, 2.05) is 36.7 Å². The second-order valence-corrected chi connectivity index (χ2v) is 9.73. The zero-order chi connectivity index (χ0) is 24.6. The molecule has 3 aromatic rings. The number of aromatic nitrogens is 2. The van der Waals surface area contributed by atoms with Crippen LogP contribution in [0.1, 0.15) is 101 Å². The summed E-state index contributed by atoms with van der Waals surface area (Å²) in [6, 6.07) is 16.9. The lowest BCUT2D eigenvalue weighted by Crippen LogP contribution is -1.96. The van der Waals surface area contributed by atoms with Gasteiger partial charge in [0.25, 0.3) is 0 Å². The Labute approximate surface area is 213 Å². The van der Waals surface area contributed by atoms with Gasteiger partial charge in [0.2, 0.25) is 0 Å². The molecular weight excluding hydrogens is 428 g/mol. The molecule has 35 heavy (non-hydrogen) atoms. The van der Waals surface area contributed by atoms with Gasteiger partial charge in [-0.3, -0.25) is 0 Å². The largest absolute Gasteiger partial charge is 0.489 e. The molecule has 1 aromatic heterocycles. The molecule has 3 heteroatoms. The summed E-state index contributed by atoms with van der Waals surface area (Å²) < 4.78 is 5.99. The first-order chi connectivity index (χ1) is 17.3. The van der Waals surface area contributed by atoms with Gasteiger partial charge < -0.3 is 4.74 Å². The first-order valence-corrected chi connectivity index (χ1v) is 13.9. The third kappa shape index (κ3) is 10.2. The van der Waals surface area contributed by atoms with E-state index < -0.39 is 0 Å². The number of nitrogens with zero attached hydrogens (tertiary/aromatic N) is 2. The molecule has 0 spiro atoms. The highest BCUT2D eigenvalue weighted by Gasteiger charge is 2.04. The number of hydrogen-bond donors (Lipinski definition) is 0. The molecule has 0 radical (unpaired) electrons. The first-order valence-electron chi connectivity index (χ1n) is 13.9. The van der Waals surface area contributed by atoms with Crippen LogP contribution in [0, 0.1) is 0 Å². The summed E-state index contributed by atoms with van der Waals surface area (Å²) in [4.78, 5) is 9.21. The third-order valence-electron chi connectivity index (χ3n) is 6.63. The minimum atomic E-state index is 0.582. The molecular formula is C32H44N2O. The van der Waals surface area contributed by atoms with Crippen molar-refractivity contribution in [2.24, 2.45) is 0 Å². The van der Waals surface area contributed by atoms with Crippen LogP contribution in [0.15, 0.2) is 60.9 Å². The van der Waals surface area contributed by atoms with Crippen LogP contribution in [0.5, 0.6) is 5.75 Å². The Morgan fingerprint density at radius 2 is 1.06 bits per heavy atom. The molecule has 1 heterocycles. The molecule has 0 N–H and O–H groups in total. The van der Waals surface area contributed by atoms with E-state index in [0.29, 0.717) is 6.61 Å². The fraction of sp³-hybridized carbons (Fsp3) is 0.500. The predicted octanol–water partition coefficient (Wildman–Crippen LogP) is 9.14. The van der Waals surface area contributed by atoms with Crippen LogP contribution < -0.4 is 4.74 Å². The van der Waals surface area contributed by atoms with Crippen molar-refractivity contribution in [1.82, 2.24) is 9.97 Å². The zero-order valence-corrected chi connectivity index (χ0v) is 22.0. The Bertz CT molecular complexity index is 933. The van der Waals surface area contributed by atoms with Gasteiger partial charge in [-0.1, -0.05) is 95.9 Å². The highest BCUT2D eigenvalue weighted by atomic mass is 16.5. The molecule has 0 fully saturated rings. The van der Waals surface area contributed by atoms with E-state index in [2.05, 4.69) is 48.1 Å². The van der Waals surface area contributed by atoms with Gasteiger partial charge in [-0.05, 0) is 66.6 Å². The molecule has 0 aliphatic rings. The number of unbranched alkanes of at least 4 members (excludes halogenated alkanes) is 9.